The van der Waals surface area contributed by atoms with Crippen LogP contribution in [0.15, 0.2) is 0 Å². The van der Waals surface area contributed by atoms with Crippen LogP contribution >= 0.6 is 0 Å². The highest BCUT2D eigenvalue weighted by molar-refractivity contribution is 4.89. The molecule has 0 amide bonds. The monoisotopic (exact) mass is 300 g/mol. The molecule has 0 radical (unpaired) electrons. The maximum absolute atomic E-state index is 9.86. The van der Waals surface area contributed by atoms with Crippen LogP contribution in [0.4, 0.5) is 0 Å². The molecule has 0 aliphatic rings. The van der Waals surface area contributed by atoms with Gasteiger partial charge in [-0.25, -0.2) is 0 Å². The first-order valence-electron chi connectivity index (χ1n) is 8.33. The van der Waals surface area contributed by atoms with Gasteiger partial charge in [0.25, 0.3) is 6.07 Å². The molecule has 124 valence electrons. The Morgan fingerprint density at radius 2 is 1.86 bits per heavy atom. The molecular weight excluding hydrogens is 266 g/mol. The molecule has 0 rings (SSSR count). The average Bonchev–Trinajstić information content (AvgIpc) is 2.42. The maximum Gasteiger partial charge on any atom is 0.376 e. The first-order valence-corrected chi connectivity index (χ1v) is 8.33. The van der Waals surface area contributed by atoms with Crippen molar-refractivity contribution in [1.29, 1.82) is 0 Å². The van der Waals surface area contributed by atoms with Gasteiger partial charge in [-0.1, -0.05) is 34.1 Å². The summed E-state index contributed by atoms with van der Waals surface area (Å²) in [7, 11) is 0. The minimum Gasteiger partial charge on any atom is -0.391 e. The topological polar surface area (TPSA) is 54.0 Å². The fourth-order valence-electron chi connectivity index (χ4n) is 1.95. The van der Waals surface area contributed by atoms with E-state index in [1.54, 1.807) is 0 Å². The Morgan fingerprint density at radius 3 is 2.48 bits per heavy atom. The number of nitrogens with zero attached hydrogens (tertiary/aromatic N) is 1. The largest absolute Gasteiger partial charge is 0.391 e. The van der Waals surface area contributed by atoms with Crippen LogP contribution in [0.2, 0.25) is 0 Å². The molecule has 0 saturated carbocycles. The fraction of sp³-hybridized carbons (Fsp3) is 0.941. The molecule has 3 atom stereocenters. The Balaban J connectivity index is 3.63. The molecule has 21 heavy (non-hydrogen) atoms. The average molecular weight is 300 g/mol. The van der Waals surface area contributed by atoms with E-state index in [2.05, 4.69) is 24.8 Å². The summed E-state index contributed by atoms with van der Waals surface area (Å²) >= 11 is 0. The van der Waals surface area contributed by atoms with Crippen LogP contribution in [0, 0.1) is 17.9 Å². The van der Waals surface area contributed by atoms with E-state index in [9.17, 15) is 10.2 Å². The second-order valence-electron chi connectivity index (χ2n) is 6.26. The quantitative estimate of drug-likeness (QED) is 0.572. The van der Waals surface area contributed by atoms with E-state index in [-0.39, 0.29) is 12.0 Å². The molecule has 0 saturated heterocycles. The number of hydrogen-bond acceptors (Lipinski definition) is 3. The standard InChI is InChI=1S/C17H34NO3/c1-5-6-11-21-13-16(19)12-15(4)9-7-8-10-18-17(20)14(2)3/h14-17,19-20H,5-9,11-13H2,1-4H3/q+1. The highest BCUT2D eigenvalue weighted by Crippen LogP contribution is 2.14. The molecule has 0 heterocycles. The lowest BCUT2D eigenvalue weighted by molar-refractivity contribution is 0.0236. The summed E-state index contributed by atoms with van der Waals surface area (Å²) in [4.78, 5) is 3.98. The summed E-state index contributed by atoms with van der Waals surface area (Å²) < 4.78 is 5.42. The molecule has 3 unspecified atom stereocenters. The molecule has 4 heteroatoms. The summed E-state index contributed by atoms with van der Waals surface area (Å²) in [5, 5.41) is 19.4. The second kappa shape index (κ2) is 13.1. The lowest BCUT2D eigenvalue weighted by atomic mass is 9.98. The van der Waals surface area contributed by atoms with Crippen LogP contribution in [0.5, 0.6) is 0 Å². The molecule has 2 N–H and O–H groups in total. The van der Waals surface area contributed by atoms with Gasteiger partial charge in [-0.15, -0.1) is 0 Å². The van der Waals surface area contributed by atoms with Gasteiger partial charge in [0.1, 0.15) is 0 Å². The van der Waals surface area contributed by atoms with Crippen molar-refractivity contribution < 1.29 is 14.9 Å². The normalized spacial score (nSPS) is 15.4. The van der Waals surface area contributed by atoms with Gasteiger partial charge < -0.3 is 14.9 Å². The molecular formula is C17H34NO3+. The van der Waals surface area contributed by atoms with Crippen molar-refractivity contribution in [2.45, 2.75) is 78.6 Å². The predicted octanol–water partition coefficient (Wildman–Crippen LogP) is 3.67. The second-order valence-corrected chi connectivity index (χ2v) is 6.26. The summed E-state index contributed by atoms with van der Waals surface area (Å²) in [6.45, 7) is 9.32. The number of unbranched alkanes of at least 4 members (excludes halogenated alkanes) is 2. The SMILES string of the molecule is CCCCOCC(O)CC(C)CCCC#[N+]C(O)C(C)C. The summed E-state index contributed by atoms with van der Waals surface area (Å²) in [5.74, 6) is 0.603. The zero-order chi connectivity index (χ0) is 16.1. The van der Waals surface area contributed by atoms with Crippen molar-refractivity contribution in [2.24, 2.45) is 11.8 Å². The van der Waals surface area contributed by atoms with Gasteiger partial charge >= 0.3 is 6.23 Å². The molecule has 0 aliphatic heterocycles. The number of hydrogen-bond donors (Lipinski definition) is 2. The molecule has 0 aliphatic carbocycles. The number of aliphatic hydroxyl groups excluding tert-OH is 2. The zero-order valence-corrected chi connectivity index (χ0v) is 14.2. The highest BCUT2D eigenvalue weighted by Gasteiger charge is 2.16. The Kier molecular flexibility index (Phi) is 12.7. The van der Waals surface area contributed by atoms with Crippen molar-refractivity contribution in [2.75, 3.05) is 13.2 Å². The third-order valence-electron chi connectivity index (χ3n) is 3.43. The molecule has 0 aromatic rings. The maximum atomic E-state index is 9.86. The Morgan fingerprint density at radius 1 is 1.14 bits per heavy atom. The van der Waals surface area contributed by atoms with E-state index in [0.29, 0.717) is 12.5 Å². The highest BCUT2D eigenvalue weighted by atomic mass is 16.5. The van der Waals surface area contributed by atoms with E-state index in [1.165, 1.54) is 0 Å². The summed E-state index contributed by atoms with van der Waals surface area (Å²) in [5.41, 5.74) is 0. The summed E-state index contributed by atoms with van der Waals surface area (Å²) in [6, 6.07) is 2.91. The summed E-state index contributed by atoms with van der Waals surface area (Å²) in [6.07, 6.45) is 4.73. The minimum atomic E-state index is -0.635. The third kappa shape index (κ3) is 12.8. The van der Waals surface area contributed by atoms with Gasteiger partial charge in [-0.2, -0.15) is 0 Å². The predicted molar refractivity (Wildman–Crippen MR) is 87.5 cm³/mol. The van der Waals surface area contributed by atoms with E-state index in [4.69, 9.17) is 4.74 Å². The molecule has 0 bridgehead atoms. The van der Waals surface area contributed by atoms with Gasteiger partial charge in [0, 0.05) is 6.61 Å². The Bertz CT molecular complexity index is 296. The molecule has 0 aromatic heterocycles. The van der Waals surface area contributed by atoms with Gasteiger partial charge in [0.15, 0.2) is 0 Å². The molecule has 4 nitrogen and oxygen atoms in total. The lowest BCUT2D eigenvalue weighted by Gasteiger charge is -2.15. The van der Waals surface area contributed by atoms with E-state index >= 15 is 0 Å². The fourth-order valence-corrected chi connectivity index (χ4v) is 1.95. The van der Waals surface area contributed by atoms with E-state index < -0.39 is 6.23 Å². The van der Waals surface area contributed by atoms with Gasteiger partial charge in [-0.05, 0) is 36.4 Å². The van der Waals surface area contributed by atoms with Crippen molar-refractivity contribution in [1.82, 2.24) is 0 Å². The molecule has 0 fully saturated rings. The van der Waals surface area contributed by atoms with Gasteiger partial charge in [0.05, 0.1) is 25.0 Å². The number of aliphatic hydroxyl groups is 2. The van der Waals surface area contributed by atoms with Crippen LogP contribution in [-0.4, -0.2) is 35.8 Å². The van der Waals surface area contributed by atoms with Gasteiger partial charge in [-0.3, -0.25) is 0 Å². The van der Waals surface area contributed by atoms with E-state index in [0.717, 1.165) is 45.1 Å². The number of rotatable bonds is 11. The van der Waals surface area contributed by atoms with Crippen LogP contribution in [0.1, 0.15) is 66.2 Å². The van der Waals surface area contributed by atoms with Crippen LogP contribution in [-0.2, 0) is 4.74 Å². The van der Waals surface area contributed by atoms with Crippen LogP contribution in [0.3, 0.4) is 0 Å². The first-order chi connectivity index (χ1) is 9.97. The van der Waals surface area contributed by atoms with Gasteiger partial charge in [0.2, 0.25) is 0 Å². The first kappa shape index (κ1) is 20.4. The van der Waals surface area contributed by atoms with Crippen molar-refractivity contribution >= 4 is 0 Å². The number of ether oxygens (including phenoxy) is 1. The minimum absolute atomic E-state index is 0.138. The van der Waals surface area contributed by atoms with Crippen LogP contribution < -0.4 is 0 Å². The van der Waals surface area contributed by atoms with E-state index in [1.807, 2.05) is 13.8 Å². The molecule has 0 aromatic carbocycles. The molecule has 0 spiro atoms. The Labute approximate surface area is 130 Å². The Hall–Kier alpha value is -0.630. The smallest absolute Gasteiger partial charge is 0.376 e. The third-order valence-corrected chi connectivity index (χ3v) is 3.43. The zero-order valence-electron chi connectivity index (χ0n) is 14.2. The van der Waals surface area contributed by atoms with Crippen LogP contribution in [0.25, 0.3) is 4.85 Å². The lowest BCUT2D eigenvalue weighted by Crippen LogP contribution is -2.18. The van der Waals surface area contributed by atoms with Crippen molar-refractivity contribution in [3.63, 3.8) is 0 Å². The van der Waals surface area contributed by atoms with Crippen molar-refractivity contribution in [3.05, 3.63) is 4.85 Å². The van der Waals surface area contributed by atoms with Crippen molar-refractivity contribution in [3.8, 4) is 6.07 Å².